The number of hydrogen-bond acceptors (Lipinski definition) is 3. The van der Waals surface area contributed by atoms with Crippen LogP contribution in [0, 0.1) is 6.92 Å². The van der Waals surface area contributed by atoms with E-state index in [0.717, 1.165) is 11.1 Å². The van der Waals surface area contributed by atoms with Gasteiger partial charge in [-0.25, -0.2) is 0 Å². The van der Waals surface area contributed by atoms with Gasteiger partial charge in [-0.2, -0.15) is 0 Å². The summed E-state index contributed by atoms with van der Waals surface area (Å²) >= 11 is 11.4. The van der Waals surface area contributed by atoms with Crippen molar-refractivity contribution in [3.05, 3.63) is 64.3 Å². The van der Waals surface area contributed by atoms with E-state index in [1.165, 1.54) is 12.0 Å². The van der Waals surface area contributed by atoms with Crippen LogP contribution in [0.4, 0.5) is 5.69 Å². The molecule has 0 bridgehead atoms. The Kier molecular flexibility index (Phi) is 4.55. The molecule has 0 radical (unpaired) electrons. The lowest BCUT2D eigenvalue weighted by Crippen LogP contribution is -2.30. The summed E-state index contributed by atoms with van der Waals surface area (Å²) in [6.07, 6.45) is 1.78. The van der Waals surface area contributed by atoms with Gasteiger partial charge in [0.1, 0.15) is 11.4 Å². The van der Waals surface area contributed by atoms with Crippen LogP contribution in [-0.4, -0.2) is 18.1 Å². The van der Waals surface area contributed by atoms with E-state index in [1.807, 2.05) is 31.2 Å². The number of rotatable bonds is 3. The molecule has 1 saturated heterocycles. The number of carbonyl (C=O) groups excluding carboxylic acids is 1. The van der Waals surface area contributed by atoms with Gasteiger partial charge in [0.05, 0.1) is 17.8 Å². The summed E-state index contributed by atoms with van der Waals surface area (Å²) in [6, 6.07) is 13.0. The molecular formula is C18H15ClN2O2S. The molecule has 6 heteroatoms. The molecule has 2 aromatic rings. The molecule has 1 fully saturated rings. The van der Waals surface area contributed by atoms with Crippen molar-refractivity contribution in [1.29, 1.82) is 0 Å². The van der Waals surface area contributed by atoms with Gasteiger partial charge in [-0.15, -0.1) is 0 Å². The van der Waals surface area contributed by atoms with E-state index in [0.29, 0.717) is 27.3 Å². The van der Waals surface area contributed by atoms with Gasteiger partial charge in [0.2, 0.25) is 0 Å². The molecule has 122 valence electrons. The average molecular weight is 359 g/mol. The van der Waals surface area contributed by atoms with Crippen molar-refractivity contribution in [2.75, 3.05) is 12.0 Å². The third-order valence-corrected chi connectivity index (χ3v) is 4.24. The van der Waals surface area contributed by atoms with Crippen LogP contribution in [0.2, 0.25) is 5.02 Å². The Morgan fingerprint density at radius 3 is 2.54 bits per heavy atom. The number of aryl methyl sites for hydroxylation is 1. The average Bonchev–Trinajstić information content (AvgIpc) is 2.83. The molecule has 1 aliphatic heterocycles. The van der Waals surface area contributed by atoms with Crippen LogP contribution in [0.15, 0.2) is 48.2 Å². The fraction of sp³-hybridized carbons (Fsp3) is 0.111. The smallest absolute Gasteiger partial charge is 0.281 e. The summed E-state index contributed by atoms with van der Waals surface area (Å²) in [5, 5.41) is 3.70. The minimum atomic E-state index is -0.221. The summed E-state index contributed by atoms with van der Waals surface area (Å²) < 4.78 is 5.13. The van der Waals surface area contributed by atoms with E-state index in [-0.39, 0.29) is 5.91 Å². The van der Waals surface area contributed by atoms with Crippen LogP contribution >= 0.6 is 23.8 Å². The second-order valence-electron chi connectivity index (χ2n) is 5.36. The Morgan fingerprint density at radius 2 is 1.92 bits per heavy atom. The predicted molar refractivity (Wildman–Crippen MR) is 100 cm³/mol. The second-order valence-corrected chi connectivity index (χ2v) is 6.15. The van der Waals surface area contributed by atoms with E-state index in [4.69, 9.17) is 28.6 Å². The molecule has 0 unspecified atom stereocenters. The van der Waals surface area contributed by atoms with Gasteiger partial charge in [-0.1, -0.05) is 41.4 Å². The number of methoxy groups -OCH3 is 1. The van der Waals surface area contributed by atoms with E-state index in [2.05, 4.69) is 5.32 Å². The van der Waals surface area contributed by atoms with Crippen molar-refractivity contribution in [3.8, 4) is 5.75 Å². The highest BCUT2D eigenvalue weighted by Crippen LogP contribution is 2.31. The minimum Gasteiger partial charge on any atom is -0.495 e. The number of hydrogen-bond donors (Lipinski definition) is 1. The number of thiocarbonyl (C=S) groups is 1. The van der Waals surface area contributed by atoms with Gasteiger partial charge in [0.15, 0.2) is 5.11 Å². The van der Waals surface area contributed by atoms with Crippen LogP contribution < -0.4 is 15.0 Å². The summed E-state index contributed by atoms with van der Waals surface area (Å²) in [5.74, 6) is 0.322. The molecule has 0 atom stereocenters. The van der Waals surface area contributed by atoms with Crippen molar-refractivity contribution in [3.63, 3.8) is 0 Å². The highest BCUT2D eigenvalue weighted by molar-refractivity contribution is 7.80. The van der Waals surface area contributed by atoms with Gasteiger partial charge >= 0.3 is 0 Å². The summed E-state index contributed by atoms with van der Waals surface area (Å²) in [6.45, 7) is 2.01. The first-order valence-corrected chi connectivity index (χ1v) is 8.05. The maximum Gasteiger partial charge on any atom is 0.281 e. The fourth-order valence-corrected chi connectivity index (χ4v) is 2.94. The highest BCUT2D eigenvalue weighted by Gasteiger charge is 2.32. The first-order chi connectivity index (χ1) is 11.5. The van der Waals surface area contributed by atoms with Gasteiger partial charge < -0.3 is 10.1 Å². The molecule has 0 spiro atoms. The zero-order valence-electron chi connectivity index (χ0n) is 13.2. The Hall–Kier alpha value is -2.37. The Balaban J connectivity index is 1.91. The maximum absolute atomic E-state index is 12.7. The quantitative estimate of drug-likeness (QED) is 0.667. The van der Waals surface area contributed by atoms with Crippen molar-refractivity contribution >= 4 is 46.6 Å². The molecule has 1 aliphatic rings. The lowest BCUT2D eigenvalue weighted by Gasteiger charge is -2.15. The summed E-state index contributed by atoms with van der Waals surface area (Å²) in [5.41, 5.74) is 3.10. The molecule has 3 rings (SSSR count). The van der Waals surface area contributed by atoms with E-state index >= 15 is 0 Å². The van der Waals surface area contributed by atoms with Crippen LogP contribution in [0.5, 0.6) is 5.75 Å². The molecule has 1 heterocycles. The van der Waals surface area contributed by atoms with Crippen molar-refractivity contribution < 1.29 is 9.53 Å². The zero-order chi connectivity index (χ0) is 17.3. The molecule has 0 aromatic heterocycles. The van der Waals surface area contributed by atoms with Crippen molar-refractivity contribution in [2.45, 2.75) is 6.92 Å². The SMILES string of the molecule is COc1ccc(N2C(=O)/C(=C/c3ccc(C)cc3)NC2=S)cc1Cl. The maximum atomic E-state index is 12.7. The molecule has 0 aliphatic carbocycles. The number of carbonyl (C=O) groups is 1. The van der Waals surface area contributed by atoms with E-state index in [9.17, 15) is 4.79 Å². The number of ether oxygens (including phenoxy) is 1. The molecular weight excluding hydrogens is 344 g/mol. The Labute approximate surface area is 150 Å². The zero-order valence-corrected chi connectivity index (χ0v) is 14.7. The highest BCUT2D eigenvalue weighted by atomic mass is 35.5. The third-order valence-electron chi connectivity index (χ3n) is 3.66. The predicted octanol–water partition coefficient (Wildman–Crippen LogP) is 3.92. The normalized spacial score (nSPS) is 15.8. The van der Waals surface area contributed by atoms with E-state index in [1.54, 1.807) is 24.3 Å². The van der Waals surface area contributed by atoms with Crippen molar-refractivity contribution in [2.24, 2.45) is 0 Å². The summed E-state index contributed by atoms with van der Waals surface area (Å²) in [7, 11) is 1.54. The second kappa shape index (κ2) is 6.63. The van der Waals surface area contributed by atoms with Gasteiger partial charge in [-0.3, -0.25) is 9.69 Å². The standard InChI is InChI=1S/C18H15ClN2O2S/c1-11-3-5-12(6-4-11)9-15-17(22)21(18(24)20-15)13-7-8-16(23-2)14(19)10-13/h3-10H,1-2H3,(H,20,24)/b15-9-. The number of amides is 1. The molecule has 4 nitrogen and oxygen atoms in total. The van der Waals surface area contributed by atoms with Crippen LogP contribution in [-0.2, 0) is 4.79 Å². The van der Waals surface area contributed by atoms with Crippen LogP contribution in [0.3, 0.4) is 0 Å². The monoisotopic (exact) mass is 358 g/mol. The number of anilines is 1. The summed E-state index contributed by atoms with van der Waals surface area (Å²) in [4.78, 5) is 14.1. The molecule has 1 amide bonds. The molecule has 0 saturated carbocycles. The number of nitrogens with zero attached hydrogens (tertiary/aromatic N) is 1. The molecule has 1 N–H and O–H groups in total. The minimum absolute atomic E-state index is 0.221. The van der Waals surface area contributed by atoms with Gasteiger partial charge in [0.25, 0.3) is 5.91 Å². The lowest BCUT2D eigenvalue weighted by molar-refractivity contribution is -0.113. The van der Waals surface area contributed by atoms with Gasteiger partial charge in [-0.05, 0) is 49.0 Å². The Bertz CT molecular complexity index is 847. The van der Waals surface area contributed by atoms with Gasteiger partial charge in [0, 0.05) is 0 Å². The third kappa shape index (κ3) is 3.13. The number of benzene rings is 2. The van der Waals surface area contributed by atoms with Crippen LogP contribution in [0.1, 0.15) is 11.1 Å². The number of halogens is 1. The van der Waals surface area contributed by atoms with E-state index < -0.39 is 0 Å². The first kappa shape index (κ1) is 16.5. The molecule has 24 heavy (non-hydrogen) atoms. The number of nitrogens with one attached hydrogen (secondary N) is 1. The molecule has 2 aromatic carbocycles. The topological polar surface area (TPSA) is 41.6 Å². The first-order valence-electron chi connectivity index (χ1n) is 7.27. The Morgan fingerprint density at radius 1 is 1.21 bits per heavy atom. The van der Waals surface area contributed by atoms with Crippen molar-refractivity contribution in [1.82, 2.24) is 5.32 Å². The lowest BCUT2D eigenvalue weighted by atomic mass is 10.1. The largest absolute Gasteiger partial charge is 0.495 e. The van der Waals surface area contributed by atoms with Crippen LogP contribution in [0.25, 0.3) is 6.08 Å². The fourth-order valence-electron chi connectivity index (χ4n) is 2.39.